The van der Waals surface area contributed by atoms with Crippen LogP contribution >= 0.6 is 22.7 Å². The largest absolute Gasteiger partial charge is 0.343 e. The number of hydrogen-bond acceptors (Lipinski definition) is 6. The van der Waals surface area contributed by atoms with Crippen molar-refractivity contribution in [3.8, 4) is 9.88 Å². The number of likely N-dealkylation sites (tertiary alicyclic amines) is 1. The van der Waals surface area contributed by atoms with Gasteiger partial charge in [0.2, 0.25) is 11.0 Å². The summed E-state index contributed by atoms with van der Waals surface area (Å²) in [4.78, 5) is 26.3. The number of nitrogens with one attached hydrogen (secondary N) is 2. The van der Waals surface area contributed by atoms with Crippen LogP contribution in [0.3, 0.4) is 0 Å². The Morgan fingerprint density at radius 2 is 2.29 bits per heavy atom. The number of thiophene rings is 1. The van der Waals surface area contributed by atoms with Gasteiger partial charge < -0.3 is 10.2 Å². The van der Waals surface area contributed by atoms with Gasteiger partial charge in [-0.25, -0.2) is 4.79 Å². The number of carbonyl (C=O) groups is 2. The van der Waals surface area contributed by atoms with E-state index in [0.29, 0.717) is 24.1 Å². The first-order valence-corrected chi connectivity index (χ1v) is 9.49. The highest BCUT2D eigenvalue weighted by atomic mass is 32.1. The third-order valence-corrected chi connectivity index (χ3v) is 5.77. The molecular formula is C15H19N5O2S2. The van der Waals surface area contributed by atoms with Gasteiger partial charge in [-0.15, -0.1) is 21.5 Å². The molecule has 1 atom stereocenters. The first-order chi connectivity index (χ1) is 11.6. The fourth-order valence-corrected chi connectivity index (χ4v) is 4.20. The molecule has 7 nitrogen and oxygen atoms in total. The molecule has 2 aromatic heterocycles. The van der Waals surface area contributed by atoms with Crippen LogP contribution in [0.5, 0.6) is 0 Å². The van der Waals surface area contributed by atoms with Gasteiger partial charge >= 0.3 is 6.03 Å². The van der Waals surface area contributed by atoms with Crippen molar-refractivity contribution in [3.63, 3.8) is 0 Å². The Kier molecular flexibility index (Phi) is 5.41. The van der Waals surface area contributed by atoms with E-state index in [1.165, 1.54) is 11.3 Å². The van der Waals surface area contributed by atoms with Crippen molar-refractivity contribution in [1.82, 2.24) is 20.4 Å². The minimum atomic E-state index is -0.288. The molecule has 1 aliphatic rings. The van der Waals surface area contributed by atoms with Crippen LogP contribution in [0.1, 0.15) is 19.8 Å². The molecule has 0 aromatic carbocycles. The van der Waals surface area contributed by atoms with Gasteiger partial charge in [0.05, 0.1) is 4.88 Å². The van der Waals surface area contributed by atoms with Crippen LogP contribution in [-0.2, 0) is 4.79 Å². The molecule has 3 rings (SSSR count). The number of nitrogens with zero attached hydrogens (tertiary/aromatic N) is 3. The third-order valence-electron chi connectivity index (χ3n) is 3.89. The van der Waals surface area contributed by atoms with E-state index in [1.807, 2.05) is 22.4 Å². The molecular weight excluding hydrogens is 346 g/mol. The molecule has 0 bridgehead atoms. The summed E-state index contributed by atoms with van der Waals surface area (Å²) in [5, 5.41) is 16.9. The van der Waals surface area contributed by atoms with Gasteiger partial charge in [0.15, 0.2) is 5.01 Å². The van der Waals surface area contributed by atoms with Crippen molar-refractivity contribution < 1.29 is 9.59 Å². The lowest BCUT2D eigenvalue weighted by Crippen LogP contribution is -2.43. The smallest absolute Gasteiger partial charge is 0.321 e. The second kappa shape index (κ2) is 7.71. The van der Waals surface area contributed by atoms with E-state index < -0.39 is 0 Å². The van der Waals surface area contributed by atoms with Crippen LogP contribution in [0.25, 0.3) is 9.88 Å². The fourth-order valence-electron chi connectivity index (χ4n) is 2.67. The van der Waals surface area contributed by atoms with Crippen LogP contribution in [0.4, 0.5) is 9.93 Å². The number of carbonyl (C=O) groups excluding carboxylic acids is 2. The van der Waals surface area contributed by atoms with Crippen molar-refractivity contribution in [2.24, 2.45) is 5.92 Å². The zero-order valence-corrected chi connectivity index (χ0v) is 15.0. The SMILES string of the molecule is CC(=O)N1CCC[C@H](CNC(=O)Nc2nnc(-c3cccs3)s2)C1. The second-order valence-electron chi connectivity index (χ2n) is 5.70. The maximum atomic E-state index is 12.0. The van der Waals surface area contributed by atoms with E-state index >= 15 is 0 Å². The van der Waals surface area contributed by atoms with Crippen LogP contribution in [0, 0.1) is 5.92 Å². The normalized spacial score (nSPS) is 17.5. The Hall–Kier alpha value is -2.00. The standard InChI is InChI=1S/C15H19N5O2S2/c1-10(21)20-6-2-4-11(9-20)8-16-14(22)17-15-19-18-13(24-15)12-5-3-7-23-12/h3,5,7,11H,2,4,6,8-9H2,1H3,(H2,16,17,19,22)/t11-/m1/s1. The molecule has 2 aromatic rings. The Morgan fingerprint density at radius 3 is 3.04 bits per heavy atom. The van der Waals surface area contributed by atoms with Crippen molar-refractivity contribution in [2.75, 3.05) is 25.0 Å². The average molecular weight is 365 g/mol. The summed E-state index contributed by atoms with van der Waals surface area (Å²) >= 11 is 2.94. The van der Waals surface area contributed by atoms with Crippen LogP contribution in [0.15, 0.2) is 17.5 Å². The van der Waals surface area contributed by atoms with Gasteiger partial charge in [-0.3, -0.25) is 10.1 Å². The Labute approximate surface area is 148 Å². The number of rotatable bonds is 4. The predicted octanol–water partition coefficient (Wildman–Crippen LogP) is 2.65. The molecule has 3 heterocycles. The highest BCUT2D eigenvalue weighted by molar-refractivity contribution is 7.23. The number of urea groups is 1. The zero-order chi connectivity index (χ0) is 16.9. The second-order valence-corrected chi connectivity index (χ2v) is 7.62. The molecule has 3 amide bonds. The van der Waals surface area contributed by atoms with Crippen LogP contribution in [-0.4, -0.2) is 46.7 Å². The van der Waals surface area contributed by atoms with Crippen molar-refractivity contribution >= 4 is 39.7 Å². The van der Waals surface area contributed by atoms with E-state index in [2.05, 4.69) is 20.8 Å². The molecule has 9 heteroatoms. The van der Waals surface area contributed by atoms with Gasteiger partial charge in [-0.2, -0.15) is 0 Å². The quantitative estimate of drug-likeness (QED) is 0.872. The summed E-state index contributed by atoms with van der Waals surface area (Å²) in [6.45, 7) is 3.65. The molecule has 1 aliphatic heterocycles. The molecule has 1 fully saturated rings. The van der Waals surface area contributed by atoms with Gasteiger partial charge in [0.1, 0.15) is 0 Å². The summed E-state index contributed by atoms with van der Waals surface area (Å²) in [6.07, 6.45) is 2.00. The summed E-state index contributed by atoms with van der Waals surface area (Å²) in [5.74, 6) is 0.392. The Bertz CT molecular complexity index is 701. The summed E-state index contributed by atoms with van der Waals surface area (Å²) in [6, 6.07) is 3.64. The average Bonchev–Trinajstić information content (AvgIpc) is 3.24. The molecule has 2 N–H and O–H groups in total. The van der Waals surface area contributed by atoms with Crippen LogP contribution in [0.2, 0.25) is 0 Å². The number of hydrogen-bond donors (Lipinski definition) is 2. The molecule has 0 spiro atoms. The monoisotopic (exact) mass is 365 g/mol. The molecule has 0 saturated carbocycles. The van der Waals surface area contributed by atoms with Gasteiger partial charge in [0.25, 0.3) is 0 Å². The highest BCUT2D eigenvalue weighted by Gasteiger charge is 2.22. The lowest BCUT2D eigenvalue weighted by atomic mass is 9.98. The van der Waals surface area contributed by atoms with Gasteiger partial charge in [-0.1, -0.05) is 17.4 Å². The molecule has 0 unspecified atom stereocenters. The Balaban J connectivity index is 1.47. The highest BCUT2D eigenvalue weighted by Crippen LogP contribution is 2.29. The lowest BCUT2D eigenvalue weighted by Gasteiger charge is -2.32. The maximum absolute atomic E-state index is 12.0. The lowest BCUT2D eigenvalue weighted by molar-refractivity contribution is -0.130. The fraction of sp³-hybridized carbons (Fsp3) is 0.467. The molecule has 0 radical (unpaired) electrons. The number of piperidine rings is 1. The summed E-state index contributed by atoms with van der Waals surface area (Å²) in [7, 11) is 0. The minimum Gasteiger partial charge on any atom is -0.343 e. The summed E-state index contributed by atoms with van der Waals surface area (Å²) in [5.41, 5.74) is 0. The van der Waals surface area contributed by atoms with Crippen molar-refractivity contribution in [1.29, 1.82) is 0 Å². The molecule has 1 saturated heterocycles. The Morgan fingerprint density at radius 1 is 1.42 bits per heavy atom. The summed E-state index contributed by atoms with van der Waals surface area (Å²) < 4.78 is 0. The third kappa shape index (κ3) is 4.30. The van der Waals surface area contributed by atoms with E-state index in [9.17, 15) is 9.59 Å². The molecule has 24 heavy (non-hydrogen) atoms. The first kappa shape index (κ1) is 16.8. The number of anilines is 1. The maximum Gasteiger partial charge on any atom is 0.321 e. The topological polar surface area (TPSA) is 87.2 Å². The minimum absolute atomic E-state index is 0.0964. The van der Waals surface area contributed by atoms with Gasteiger partial charge in [0, 0.05) is 26.6 Å². The van der Waals surface area contributed by atoms with E-state index in [4.69, 9.17) is 0 Å². The molecule has 0 aliphatic carbocycles. The van der Waals surface area contributed by atoms with E-state index in [-0.39, 0.29) is 11.9 Å². The number of amides is 3. The predicted molar refractivity (Wildman–Crippen MR) is 95.2 cm³/mol. The van der Waals surface area contributed by atoms with Crippen molar-refractivity contribution in [3.05, 3.63) is 17.5 Å². The molecule has 128 valence electrons. The van der Waals surface area contributed by atoms with E-state index in [0.717, 1.165) is 29.3 Å². The van der Waals surface area contributed by atoms with Gasteiger partial charge in [-0.05, 0) is 30.2 Å². The zero-order valence-electron chi connectivity index (χ0n) is 13.3. The van der Waals surface area contributed by atoms with Crippen LogP contribution < -0.4 is 10.6 Å². The van der Waals surface area contributed by atoms with Crippen molar-refractivity contribution in [2.45, 2.75) is 19.8 Å². The number of aromatic nitrogens is 2. The van der Waals surface area contributed by atoms with E-state index in [1.54, 1.807) is 18.3 Å². The first-order valence-electron chi connectivity index (χ1n) is 7.79.